The van der Waals surface area contributed by atoms with Gasteiger partial charge in [0.2, 0.25) is 0 Å². The monoisotopic (exact) mass is 170 g/mol. The Balaban J connectivity index is 2.43. The van der Waals surface area contributed by atoms with Crippen molar-refractivity contribution in [3.05, 3.63) is 42.4 Å². The third-order valence-electron chi connectivity index (χ3n) is 1.59. The van der Waals surface area contributed by atoms with E-state index in [0.717, 1.165) is 0 Å². The lowest BCUT2D eigenvalue weighted by atomic mass is 10.5. The van der Waals surface area contributed by atoms with Gasteiger partial charge >= 0.3 is 0 Å². The summed E-state index contributed by atoms with van der Waals surface area (Å²) < 4.78 is 1.57. The fourth-order valence-corrected chi connectivity index (χ4v) is 1.00. The fourth-order valence-electron chi connectivity index (χ4n) is 1.00. The number of nitrogens with zero attached hydrogens (tertiary/aromatic N) is 4. The minimum atomic E-state index is 0.394. The van der Waals surface area contributed by atoms with Gasteiger partial charge in [-0.15, -0.1) is 0 Å². The van der Waals surface area contributed by atoms with Crippen LogP contribution in [-0.4, -0.2) is 14.8 Å². The molecule has 0 saturated heterocycles. The van der Waals surface area contributed by atoms with Crippen molar-refractivity contribution in [2.75, 3.05) is 0 Å². The van der Waals surface area contributed by atoms with Gasteiger partial charge in [-0.2, -0.15) is 10.4 Å². The molecule has 4 nitrogen and oxygen atoms in total. The van der Waals surface area contributed by atoms with Crippen molar-refractivity contribution in [2.45, 2.75) is 0 Å². The van der Waals surface area contributed by atoms with Crippen LogP contribution < -0.4 is 0 Å². The number of pyridine rings is 1. The molecule has 2 aromatic heterocycles. The molecule has 0 radical (unpaired) electrons. The normalized spacial score (nSPS) is 9.46. The molecule has 0 bridgehead atoms. The number of hydrogen-bond donors (Lipinski definition) is 0. The average molecular weight is 170 g/mol. The van der Waals surface area contributed by atoms with E-state index in [1.54, 1.807) is 23.1 Å². The van der Waals surface area contributed by atoms with Crippen molar-refractivity contribution in [3.63, 3.8) is 0 Å². The van der Waals surface area contributed by atoms with E-state index in [4.69, 9.17) is 5.26 Å². The van der Waals surface area contributed by atoms with Crippen LogP contribution in [0.2, 0.25) is 0 Å². The number of hydrogen-bond acceptors (Lipinski definition) is 3. The molecule has 2 heterocycles. The summed E-state index contributed by atoms with van der Waals surface area (Å²) in [5.74, 6) is 0.712. The van der Waals surface area contributed by atoms with E-state index in [2.05, 4.69) is 10.1 Å². The van der Waals surface area contributed by atoms with Gasteiger partial charge in [0.25, 0.3) is 0 Å². The van der Waals surface area contributed by atoms with Gasteiger partial charge in [-0.1, -0.05) is 6.07 Å². The zero-order valence-electron chi connectivity index (χ0n) is 6.75. The predicted molar refractivity (Wildman–Crippen MR) is 46.1 cm³/mol. The highest BCUT2D eigenvalue weighted by Crippen LogP contribution is 2.02. The Morgan fingerprint density at radius 1 is 1.31 bits per heavy atom. The molecule has 0 amide bonds. The Hall–Kier alpha value is -2.15. The van der Waals surface area contributed by atoms with Crippen LogP contribution in [0.3, 0.4) is 0 Å². The Labute approximate surface area is 75.1 Å². The molecule has 0 atom stereocenters. The Bertz CT molecular complexity index is 438. The van der Waals surface area contributed by atoms with Crippen LogP contribution in [0.25, 0.3) is 5.82 Å². The maximum absolute atomic E-state index is 8.55. The molecule has 0 aromatic carbocycles. The summed E-state index contributed by atoms with van der Waals surface area (Å²) in [5.41, 5.74) is 0.394. The first-order chi connectivity index (χ1) is 6.40. The van der Waals surface area contributed by atoms with Gasteiger partial charge in [0.1, 0.15) is 6.07 Å². The van der Waals surface area contributed by atoms with E-state index in [1.807, 2.05) is 24.3 Å². The van der Waals surface area contributed by atoms with Crippen LogP contribution in [0.1, 0.15) is 5.69 Å². The highest BCUT2D eigenvalue weighted by Gasteiger charge is 1.98. The summed E-state index contributed by atoms with van der Waals surface area (Å²) in [6, 6.07) is 9.14. The molecule has 4 heteroatoms. The largest absolute Gasteiger partial charge is 0.237 e. The number of aromatic nitrogens is 3. The molecule has 0 saturated carbocycles. The molecular weight excluding hydrogens is 164 g/mol. The Morgan fingerprint density at radius 2 is 2.23 bits per heavy atom. The first-order valence-electron chi connectivity index (χ1n) is 3.77. The molecule has 0 aliphatic carbocycles. The molecule has 62 valence electrons. The van der Waals surface area contributed by atoms with Crippen LogP contribution in [-0.2, 0) is 0 Å². The summed E-state index contributed by atoms with van der Waals surface area (Å²) in [6.45, 7) is 0. The molecule has 0 unspecified atom stereocenters. The highest BCUT2D eigenvalue weighted by atomic mass is 15.3. The lowest BCUT2D eigenvalue weighted by Gasteiger charge is -1.96. The second-order valence-corrected chi connectivity index (χ2v) is 2.45. The summed E-state index contributed by atoms with van der Waals surface area (Å²) in [6.07, 6.45) is 3.39. The molecule has 2 aromatic rings. The van der Waals surface area contributed by atoms with Gasteiger partial charge in [0.05, 0.1) is 0 Å². The predicted octanol–water partition coefficient (Wildman–Crippen LogP) is 1.14. The van der Waals surface area contributed by atoms with Crippen molar-refractivity contribution in [1.82, 2.24) is 14.8 Å². The Morgan fingerprint density at radius 3 is 2.85 bits per heavy atom. The minimum Gasteiger partial charge on any atom is -0.237 e. The summed E-state index contributed by atoms with van der Waals surface area (Å²) in [5, 5.41) is 12.5. The van der Waals surface area contributed by atoms with Crippen LogP contribution in [0.5, 0.6) is 0 Å². The minimum absolute atomic E-state index is 0.394. The third kappa shape index (κ3) is 1.40. The van der Waals surface area contributed by atoms with Gasteiger partial charge < -0.3 is 0 Å². The SMILES string of the molecule is N#Cc1ccn(-c2ccccn2)n1. The average Bonchev–Trinajstić information content (AvgIpc) is 2.67. The molecule has 2 rings (SSSR count). The maximum Gasteiger partial charge on any atom is 0.162 e. The zero-order chi connectivity index (χ0) is 9.10. The van der Waals surface area contributed by atoms with Crippen LogP contribution in [0, 0.1) is 11.3 Å². The van der Waals surface area contributed by atoms with Crippen molar-refractivity contribution in [3.8, 4) is 11.9 Å². The molecule has 0 aliphatic heterocycles. The lowest BCUT2D eigenvalue weighted by Crippen LogP contribution is -1.97. The molecule has 0 N–H and O–H groups in total. The molecule has 13 heavy (non-hydrogen) atoms. The standard InChI is InChI=1S/C9H6N4/c10-7-8-4-6-13(12-8)9-3-1-2-5-11-9/h1-6H. The maximum atomic E-state index is 8.55. The summed E-state index contributed by atoms with van der Waals surface area (Å²) >= 11 is 0. The molecule has 0 fully saturated rings. The van der Waals surface area contributed by atoms with Crippen molar-refractivity contribution in [2.24, 2.45) is 0 Å². The zero-order valence-corrected chi connectivity index (χ0v) is 6.75. The van der Waals surface area contributed by atoms with E-state index in [-0.39, 0.29) is 0 Å². The third-order valence-corrected chi connectivity index (χ3v) is 1.59. The fraction of sp³-hybridized carbons (Fsp3) is 0. The first kappa shape index (κ1) is 7.50. The smallest absolute Gasteiger partial charge is 0.162 e. The van der Waals surface area contributed by atoms with Crippen LogP contribution in [0.4, 0.5) is 0 Å². The Kier molecular flexibility index (Phi) is 1.77. The van der Waals surface area contributed by atoms with Gasteiger partial charge in [0.15, 0.2) is 11.5 Å². The van der Waals surface area contributed by atoms with Crippen molar-refractivity contribution in [1.29, 1.82) is 5.26 Å². The second-order valence-electron chi connectivity index (χ2n) is 2.45. The highest BCUT2D eigenvalue weighted by molar-refractivity contribution is 5.24. The van der Waals surface area contributed by atoms with Crippen LogP contribution in [0.15, 0.2) is 36.7 Å². The molecule has 0 spiro atoms. The van der Waals surface area contributed by atoms with Crippen molar-refractivity contribution >= 4 is 0 Å². The number of rotatable bonds is 1. The van der Waals surface area contributed by atoms with Gasteiger partial charge in [-0.25, -0.2) is 9.67 Å². The second kappa shape index (κ2) is 3.07. The van der Waals surface area contributed by atoms with Crippen molar-refractivity contribution < 1.29 is 0 Å². The van der Waals surface area contributed by atoms with E-state index < -0.39 is 0 Å². The van der Waals surface area contributed by atoms with Gasteiger partial charge in [-0.05, 0) is 18.2 Å². The first-order valence-corrected chi connectivity index (χ1v) is 3.77. The summed E-state index contributed by atoms with van der Waals surface area (Å²) in [7, 11) is 0. The van der Waals surface area contributed by atoms with E-state index in [9.17, 15) is 0 Å². The van der Waals surface area contributed by atoms with E-state index in [1.165, 1.54) is 0 Å². The van der Waals surface area contributed by atoms with Gasteiger partial charge in [0, 0.05) is 12.4 Å². The molecule has 0 aliphatic rings. The molecular formula is C9H6N4. The summed E-state index contributed by atoms with van der Waals surface area (Å²) in [4.78, 5) is 4.09. The topological polar surface area (TPSA) is 54.5 Å². The van der Waals surface area contributed by atoms with E-state index >= 15 is 0 Å². The van der Waals surface area contributed by atoms with Crippen LogP contribution >= 0.6 is 0 Å². The quantitative estimate of drug-likeness (QED) is 0.644. The van der Waals surface area contributed by atoms with Gasteiger partial charge in [-0.3, -0.25) is 0 Å². The van der Waals surface area contributed by atoms with E-state index in [0.29, 0.717) is 11.5 Å². The lowest BCUT2D eigenvalue weighted by molar-refractivity contribution is 0.841. The number of nitriles is 1.